The lowest BCUT2D eigenvalue weighted by molar-refractivity contribution is -0.166. The molecule has 306 valence electrons. The van der Waals surface area contributed by atoms with Gasteiger partial charge in [0.2, 0.25) is 0 Å². The maximum absolute atomic E-state index is 2.96. The molecule has 11 rings (SSSR count). The van der Waals surface area contributed by atoms with Crippen LogP contribution < -0.4 is 0 Å². The third-order valence-electron chi connectivity index (χ3n) is 14.6. The Balaban J connectivity index is 1.25. The molecule has 60 heavy (non-hydrogen) atoms. The largest absolute Gasteiger partial charge is 0.262 e. The number of hydrogen-bond donors (Lipinski definition) is 0. The van der Waals surface area contributed by atoms with Crippen LogP contribution in [0.3, 0.4) is 0 Å². The van der Waals surface area contributed by atoms with Gasteiger partial charge in [-0.15, -0.1) is 0 Å². The molecular formula is C54H60N6. The first-order chi connectivity index (χ1) is 29.3. The summed E-state index contributed by atoms with van der Waals surface area (Å²) in [5.41, 5.74) is 16.6. The van der Waals surface area contributed by atoms with Crippen molar-refractivity contribution in [3.63, 3.8) is 0 Å². The van der Waals surface area contributed by atoms with Crippen molar-refractivity contribution < 1.29 is 0 Å². The van der Waals surface area contributed by atoms with Crippen molar-refractivity contribution in [2.24, 2.45) is 0 Å². The molecule has 0 unspecified atom stereocenters. The van der Waals surface area contributed by atoms with Crippen molar-refractivity contribution in [2.75, 3.05) is 0 Å². The molecule has 0 spiro atoms. The molecule has 0 amide bonds. The quantitative estimate of drug-likeness (QED) is 0.122. The van der Waals surface area contributed by atoms with Crippen molar-refractivity contribution in [1.29, 1.82) is 0 Å². The minimum absolute atomic E-state index is 0.114. The van der Waals surface area contributed by atoms with Gasteiger partial charge in [-0.05, 0) is 108 Å². The Morgan fingerprint density at radius 1 is 0.233 bits per heavy atom. The van der Waals surface area contributed by atoms with E-state index in [9.17, 15) is 0 Å². The average Bonchev–Trinajstić information content (AvgIpc) is 3.67. The highest BCUT2D eigenvalue weighted by atomic mass is 15.8. The standard InChI is InChI=1S/C54H60N6/c1-37-19-7-13-25-43(37)31-55-49-50-56(32-44-26-14-8-20-38(44)2)53(55)54-57(33-45-27-15-9-21-39(45)3)51(59(49)35-47-29-17-11-23-41(47)5)52(58(54)34-46-28-16-10-22-40(46)4)60(50)36-48-30-18-12-24-42(48)6/h7-30,49-54H,31-36H2,1-6H3. The third kappa shape index (κ3) is 6.84. The van der Waals surface area contributed by atoms with Crippen molar-refractivity contribution in [1.82, 2.24) is 29.4 Å². The molecule has 6 aromatic carbocycles. The number of nitrogens with zero attached hydrogens (tertiary/aromatic N) is 6. The molecule has 0 N–H and O–H groups in total. The summed E-state index contributed by atoms with van der Waals surface area (Å²) in [6.07, 6.45) is 0.816. The van der Waals surface area contributed by atoms with E-state index in [1.165, 1.54) is 66.8 Å². The minimum atomic E-state index is 0.114. The van der Waals surface area contributed by atoms with E-state index in [0.717, 1.165) is 39.3 Å². The second-order valence-electron chi connectivity index (χ2n) is 18.1. The molecule has 5 fully saturated rings. The molecule has 5 saturated heterocycles. The van der Waals surface area contributed by atoms with Crippen molar-refractivity contribution in [3.05, 3.63) is 212 Å². The fourth-order valence-corrected chi connectivity index (χ4v) is 11.2. The maximum Gasteiger partial charge on any atom is 0.0955 e. The predicted molar refractivity (Wildman–Crippen MR) is 243 cm³/mol. The van der Waals surface area contributed by atoms with Crippen molar-refractivity contribution in [3.8, 4) is 0 Å². The van der Waals surface area contributed by atoms with E-state index in [-0.39, 0.29) is 37.0 Å². The van der Waals surface area contributed by atoms with Gasteiger partial charge in [0.25, 0.3) is 0 Å². The Morgan fingerprint density at radius 3 is 0.500 bits per heavy atom. The van der Waals surface area contributed by atoms with E-state index in [4.69, 9.17) is 0 Å². The van der Waals surface area contributed by atoms with Crippen LogP contribution in [0.1, 0.15) is 66.8 Å². The summed E-state index contributed by atoms with van der Waals surface area (Å²) in [6, 6.07) is 54.7. The first-order valence-corrected chi connectivity index (χ1v) is 22.1. The van der Waals surface area contributed by atoms with Crippen molar-refractivity contribution >= 4 is 0 Å². The van der Waals surface area contributed by atoms with Gasteiger partial charge in [0, 0.05) is 39.3 Å². The van der Waals surface area contributed by atoms with E-state index in [2.05, 4.69) is 217 Å². The van der Waals surface area contributed by atoms with Crippen LogP contribution in [-0.2, 0) is 39.3 Å². The molecule has 0 aliphatic carbocycles. The molecule has 5 heterocycles. The summed E-state index contributed by atoms with van der Waals surface area (Å²) in [7, 11) is 0. The van der Waals surface area contributed by atoms with E-state index in [0.29, 0.717) is 0 Å². The Morgan fingerprint density at radius 2 is 0.367 bits per heavy atom. The smallest absolute Gasteiger partial charge is 0.0955 e. The Kier molecular flexibility index (Phi) is 10.6. The SMILES string of the molecule is Cc1ccccc1CN1C2C3N(Cc4ccccc4C)C1C1N(Cc4ccccc4C)C(C(N1Cc1ccccc1C)N3Cc1ccccc1C)N2Cc1ccccc1C. The number of aryl methyl sites for hydroxylation is 6. The van der Waals surface area contributed by atoms with Crippen molar-refractivity contribution in [2.45, 2.75) is 118 Å². The van der Waals surface area contributed by atoms with Crippen LogP contribution in [0.2, 0.25) is 0 Å². The highest BCUT2D eigenvalue weighted by Crippen LogP contribution is 2.54. The van der Waals surface area contributed by atoms with Gasteiger partial charge in [-0.3, -0.25) is 29.4 Å². The van der Waals surface area contributed by atoms with Gasteiger partial charge in [0.1, 0.15) is 0 Å². The Bertz CT molecular complexity index is 2200. The van der Waals surface area contributed by atoms with Crippen LogP contribution in [0.25, 0.3) is 0 Å². The highest BCUT2D eigenvalue weighted by Gasteiger charge is 2.71. The molecule has 6 aromatic rings. The normalized spacial score (nSPS) is 24.5. The molecule has 5 aliphatic heterocycles. The summed E-state index contributed by atoms with van der Waals surface area (Å²) in [4.78, 5) is 17.7. The van der Waals surface area contributed by atoms with Gasteiger partial charge < -0.3 is 0 Å². The molecule has 0 radical (unpaired) electrons. The second kappa shape index (κ2) is 16.2. The van der Waals surface area contributed by atoms with E-state index in [1.54, 1.807) is 0 Å². The average molecular weight is 793 g/mol. The third-order valence-corrected chi connectivity index (χ3v) is 14.6. The zero-order valence-electron chi connectivity index (χ0n) is 36.2. The maximum atomic E-state index is 2.96. The molecule has 6 nitrogen and oxygen atoms in total. The lowest BCUT2D eigenvalue weighted by Gasteiger charge is -2.56. The fraction of sp³-hybridized carbons (Fsp3) is 0.333. The predicted octanol–water partition coefficient (Wildman–Crippen LogP) is 9.86. The highest BCUT2D eigenvalue weighted by molar-refractivity contribution is 5.35. The van der Waals surface area contributed by atoms with E-state index >= 15 is 0 Å². The van der Waals surface area contributed by atoms with Gasteiger partial charge in [-0.2, -0.15) is 0 Å². The fourth-order valence-electron chi connectivity index (χ4n) is 11.2. The monoisotopic (exact) mass is 792 g/mol. The Labute approximate surface area is 358 Å². The minimum Gasteiger partial charge on any atom is -0.262 e. The summed E-state index contributed by atoms with van der Waals surface area (Å²) in [5, 5.41) is 0. The zero-order valence-corrected chi connectivity index (χ0v) is 36.2. The summed E-state index contributed by atoms with van der Waals surface area (Å²) >= 11 is 0. The summed E-state index contributed by atoms with van der Waals surface area (Å²) < 4.78 is 0. The van der Waals surface area contributed by atoms with Crippen LogP contribution in [0.4, 0.5) is 0 Å². The molecule has 6 bridgehead atoms. The molecule has 5 aliphatic rings. The first-order valence-electron chi connectivity index (χ1n) is 22.1. The van der Waals surface area contributed by atoms with Gasteiger partial charge in [0.05, 0.1) is 37.0 Å². The molecular weight excluding hydrogens is 733 g/mol. The topological polar surface area (TPSA) is 19.4 Å². The van der Waals surface area contributed by atoms with Crippen LogP contribution in [0.5, 0.6) is 0 Å². The van der Waals surface area contributed by atoms with Crippen LogP contribution in [-0.4, -0.2) is 66.4 Å². The molecule has 6 heteroatoms. The lowest BCUT2D eigenvalue weighted by atomic mass is 10.00. The lowest BCUT2D eigenvalue weighted by Crippen LogP contribution is -2.73. The van der Waals surface area contributed by atoms with Crippen LogP contribution in [0.15, 0.2) is 146 Å². The molecule has 0 saturated carbocycles. The van der Waals surface area contributed by atoms with E-state index in [1.807, 2.05) is 0 Å². The van der Waals surface area contributed by atoms with Gasteiger partial charge in [-0.25, -0.2) is 0 Å². The summed E-state index contributed by atoms with van der Waals surface area (Å²) in [5.74, 6) is 0. The number of benzene rings is 6. The zero-order chi connectivity index (χ0) is 41.1. The number of rotatable bonds is 12. The first kappa shape index (κ1) is 39.2. The molecule has 0 atom stereocenters. The van der Waals surface area contributed by atoms with E-state index < -0.39 is 0 Å². The number of piperazine rings is 1. The van der Waals surface area contributed by atoms with Gasteiger partial charge in [-0.1, -0.05) is 146 Å². The van der Waals surface area contributed by atoms with Gasteiger partial charge >= 0.3 is 0 Å². The van der Waals surface area contributed by atoms with Gasteiger partial charge in [0.15, 0.2) is 0 Å². The van der Waals surface area contributed by atoms with Crippen LogP contribution in [0, 0.1) is 41.5 Å². The summed E-state index contributed by atoms with van der Waals surface area (Å²) in [6.45, 7) is 19.1. The second-order valence-corrected chi connectivity index (χ2v) is 18.1. The number of hydrogen-bond acceptors (Lipinski definition) is 6. The molecule has 0 aromatic heterocycles. The Hall–Kier alpha value is -4.92. The van der Waals surface area contributed by atoms with Crippen LogP contribution >= 0.6 is 0 Å².